The van der Waals surface area contributed by atoms with Crippen LogP contribution in [0.4, 0.5) is 5.82 Å². The van der Waals surface area contributed by atoms with Crippen molar-refractivity contribution in [2.24, 2.45) is 0 Å². The van der Waals surface area contributed by atoms with Crippen LogP contribution in [0.2, 0.25) is 0 Å². The molecule has 2 aromatic heterocycles. The van der Waals surface area contributed by atoms with Crippen LogP contribution < -0.4 is 4.90 Å². The number of aryl methyl sites for hydroxylation is 1. The maximum absolute atomic E-state index is 4.47. The first kappa shape index (κ1) is 13.5. The third kappa shape index (κ3) is 2.84. The quantitative estimate of drug-likeness (QED) is 0.735. The molecule has 0 aliphatic carbocycles. The summed E-state index contributed by atoms with van der Waals surface area (Å²) in [7, 11) is 2.07. The summed E-state index contributed by atoms with van der Waals surface area (Å²) >= 11 is 0. The molecule has 4 nitrogen and oxygen atoms in total. The van der Waals surface area contributed by atoms with Crippen LogP contribution in [0.15, 0.2) is 48.9 Å². The minimum atomic E-state index is 0.872. The smallest absolute Gasteiger partial charge is 0.139 e. The molecular weight excluding hydrogens is 260 g/mol. The molecule has 3 aromatic rings. The second-order valence-electron chi connectivity index (χ2n) is 5.16. The topological polar surface area (TPSA) is 41.9 Å². The molecule has 0 amide bonds. The van der Waals surface area contributed by atoms with Gasteiger partial charge < -0.3 is 4.90 Å². The van der Waals surface area contributed by atoms with E-state index >= 15 is 0 Å². The molecule has 0 saturated heterocycles. The first-order chi connectivity index (χ1) is 10.3. The van der Waals surface area contributed by atoms with Gasteiger partial charge in [-0.1, -0.05) is 18.2 Å². The molecule has 0 spiro atoms. The lowest BCUT2D eigenvalue weighted by atomic mass is 10.1. The summed E-state index contributed by atoms with van der Waals surface area (Å²) in [5, 5.41) is 1.13. The molecule has 0 atom stereocenters. The Morgan fingerprint density at radius 2 is 1.90 bits per heavy atom. The Morgan fingerprint density at radius 1 is 1.00 bits per heavy atom. The maximum Gasteiger partial charge on any atom is 0.139 e. The Balaban J connectivity index is 1.86. The Hall–Kier alpha value is -2.49. The molecule has 0 saturated carbocycles. The van der Waals surface area contributed by atoms with E-state index in [-0.39, 0.29) is 0 Å². The highest BCUT2D eigenvalue weighted by Gasteiger charge is 2.10. The molecule has 4 heteroatoms. The summed E-state index contributed by atoms with van der Waals surface area (Å²) in [4.78, 5) is 15.4. The molecule has 106 valence electrons. The number of rotatable bonds is 4. The van der Waals surface area contributed by atoms with Crippen LogP contribution in [-0.4, -0.2) is 28.5 Å². The van der Waals surface area contributed by atoms with Gasteiger partial charge in [0.2, 0.25) is 0 Å². The Labute approximate surface area is 124 Å². The van der Waals surface area contributed by atoms with Gasteiger partial charge in [-0.05, 0) is 30.7 Å². The molecule has 0 aliphatic heterocycles. The van der Waals surface area contributed by atoms with E-state index < -0.39 is 0 Å². The fourth-order valence-electron chi connectivity index (χ4n) is 2.48. The standard InChI is InChI=1S/C17H18N4/c1-13-6-5-8-15-16(13)17(20-12-19-15)21(2)11-9-14-7-3-4-10-18-14/h3-8,10,12H,9,11H2,1-2H3. The minimum Gasteiger partial charge on any atom is -0.359 e. The Bertz CT molecular complexity index is 735. The van der Waals surface area contributed by atoms with Crippen molar-refractivity contribution in [1.29, 1.82) is 0 Å². The average molecular weight is 278 g/mol. The van der Waals surface area contributed by atoms with E-state index in [9.17, 15) is 0 Å². The van der Waals surface area contributed by atoms with Crippen molar-refractivity contribution in [3.8, 4) is 0 Å². The molecule has 1 aromatic carbocycles. The minimum absolute atomic E-state index is 0.872. The van der Waals surface area contributed by atoms with E-state index in [2.05, 4.69) is 46.0 Å². The van der Waals surface area contributed by atoms with Crippen LogP contribution >= 0.6 is 0 Å². The first-order valence-electron chi connectivity index (χ1n) is 7.07. The largest absolute Gasteiger partial charge is 0.359 e. The lowest BCUT2D eigenvalue weighted by Gasteiger charge is -2.20. The SMILES string of the molecule is Cc1cccc2ncnc(N(C)CCc3ccccn3)c12. The summed E-state index contributed by atoms with van der Waals surface area (Å²) in [5.41, 5.74) is 3.29. The molecule has 2 heterocycles. The number of hydrogen-bond donors (Lipinski definition) is 0. The van der Waals surface area contributed by atoms with Crippen molar-refractivity contribution in [2.45, 2.75) is 13.3 Å². The number of fused-ring (bicyclic) bond motifs is 1. The highest BCUT2D eigenvalue weighted by Crippen LogP contribution is 2.25. The molecule has 0 fully saturated rings. The summed E-state index contributed by atoms with van der Waals surface area (Å²) in [6, 6.07) is 12.2. The normalized spacial score (nSPS) is 10.8. The zero-order valence-electron chi connectivity index (χ0n) is 12.3. The van der Waals surface area contributed by atoms with Gasteiger partial charge >= 0.3 is 0 Å². The molecule has 0 radical (unpaired) electrons. The van der Waals surface area contributed by atoms with Gasteiger partial charge in [-0.15, -0.1) is 0 Å². The highest BCUT2D eigenvalue weighted by atomic mass is 15.2. The lowest BCUT2D eigenvalue weighted by molar-refractivity contribution is 0.840. The van der Waals surface area contributed by atoms with Gasteiger partial charge in [0, 0.05) is 37.3 Å². The van der Waals surface area contributed by atoms with E-state index in [4.69, 9.17) is 0 Å². The molecule has 21 heavy (non-hydrogen) atoms. The first-order valence-corrected chi connectivity index (χ1v) is 7.07. The third-order valence-corrected chi connectivity index (χ3v) is 3.64. The van der Waals surface area contributed by atoms with Gasteiger partial charge in [-0.3, -0.25) is 4.98 Å². The van der Waals surface area contributed by atoms with E-state index in [0.29, 0.717) is 0 Å². The zero-order valence-corrected chi connectivity index (χ0v) is 12.3. The third-order valence-electron chi connectivity index (χ3n) is 3.64. The molecule has 0 bridgehead atoms. The second-order valence-corrected chi connectivity index (χ2v) is 5.16. The number of nitrogens with zero attached hydrogens (tertiary/aromatic N) is 4. The van der Waals surface area contributed by atoms with Crippen molar-refractivity contribution in [3.63, 3.8) is 0 Å². The van der Waals surface area contributed by atoms with Crippen LogP contribution in [0.1, 0.15) is 11.3 Å². The van der Waals surface area contributed by atoms with Gasteiger partial charge in [-0.25, -0.2) is 9.97 Å². The number of likely N-dealkylation sites (N-methyl/N-ethyl adjacent to an activating group) is 1. The summed E-state index contributed by atoms with van der Waals surface area (Å²) in [6.07, 6.45) is 4.36. The maximum atomic E-state index is 4.47. The average Bonchev–Trinajstić information content (AvgIpc) is 2.53. The van der Waals surface area contributed by atoms with Gasteiger partial charge in [-0.2, -0.15) is 0 Å². The molecule has 3 rings (SSSR count). The predicted molar refractivity (Wildman–Crippen MR) is 85.5 cm³/mol. The highest BCUT2D eigenvalue weighted by molar-refractivity contribution is 5.92. The molecule has 0 N–H and O–H groups in total. The van der Waals surface area contributed by atoms with Crippen LogP contribution in [0.5, 0.6) is 0 Å². The fraction of sp³-hybridized carbons (Fsp3) is 0.235. The monoisotopic (exact) mass is 278 g/mol. The molecule has 0 unspecified atom stereocenters. The van der Waals surface area contributed by atoms with Gasteiger partial charge in [0.15, 0.2) is 0 Å². The lowest BCUT2D eigenvalue weighted by Crippen LogP contribution is -2.22. The number of aromatic nitrogens is 3. The van der Waals surface area contributed by atoms with Gasteiger partial charge in [0.1, 0.15) is 12.1 Å². The number of pyridine rings is 1. The summed E-state index contributed by atoms with van der Waals surface area (Å²) in [5.74, 6) is 0.981. The van der Waals surface area contributed by atoms with Crippen molar-refractivity contribution in [3.05, 3.63) is 60.2 Å². The van der Waals surface area contributed by atoms with E-state index in [1.807, 2.05) is 30.5 Å². The zero-order chi connectivity index (χ0) is 14.7. The van der Waals surface area contributed by atoms with E-state index in [0.717, 1.165) is 35.4 Å². The van der Waals surface area contributed by atoms with Crippen molar-refractivity contribution >= 4 is 16.7 Å². The van der Waals surface area contributed by atoms with E-state index in [1.165, 1.54) is 5.56 Å². The van der Waals surface area contributed by atoms with Crippen molar-refractivity contribution < 1.29 is 0 Å². The number of benzene rings is 1. The van der Waals surface area contributed by atoms with Crippen LogP contribution in [0.25, 0.3) is 10.9 Å². The predicted octanol–water partition coefficient (Wildman–Crippen LogP) is 3.01. The molecule has 0 aliphatic rings. The van der Waals surface area contributed by atoms with Crippen LogP contribution in [0.3, 0.4) is 0 Å². The van der Waals surface area contributed by atoms with Gasteiger partial charge in [0.25, 0.3) is 0 Å². The Kier molecular flexibility index (Phi) is 3.77. The molecular formula is C17H18N4. The Morgan fingerprint density at radius 3 is 2.71 bits per heavy atom. The van der Waals surface area contributed by atoms with Gasteiger partial charge in [0.05, 0.1) is 5.52 Å². The summed E-state index contributed by atoms with van der Waals surface area (Å²) < 4.78 is 0. The second kappa shape index (κ2) is 5.87. The number of anilines is 1. The fourth-order valence-corrected chi connectivity index (χ4v) is 2.48. The van der Waals surface area contributed by atoms with Crippen LogP contribution in [-0.2, 0) is 6.42 Å². The van der Waals surface area contributed by atoms with E-state index in [1.54, 1.807) is 6.33 Å². The number of hydrogen-bond acceptors (Lipinski definition) is 4. The summed E-state index contributed by atoms with van der Waals surface area (Å²) in [6.45, 7) is 2.97. The van der Waals surface area contributed by atoms with Crippen molar-refractivity contribution in [1.82, 2.24) is 15.0 Å². The van der Waals surface area contributed by atoms with Crippen LogP contribution in [0, 0.1) is 6.92 Å². The van der Waals surface area contributed by atoms with Crippen molar-refractivity contribution in [2.75, 3.05) is 18.5 Å².